The molecule has 0 saturated heterocycles. The molecule has 6 nitrogen and oxygen atoms in total. The fourth-order valence-electron chi connectivity index (χ4n) is 4.04. The monoisotopic (exact) mass is 369 g/mol. The van der Waals surface area contributed by atoms with Crippen LogP contribution in [-0.2, 0) is 16.0 Å². The molecule has 2 aliphatic rings. The minimum absolute atomic E-state index is 0.0794. The second kappa shape index (κ2) is 7.72. The molecule has 0 bridgehead atoms. The Labute approximate surface area is 158 Å². The number of aryl methyl sites for hydroxylation is 1. The van der Waals surface area contributed by atoms with Crippen molar-refractivity contribution in [1.29, 1.82) is 0 Å². The van der Waals surface area contributed by atoms with E-state index in [0.29, 0.717) is 18.4 Å². The Kier molecular flexibility index (Phi) is 5.16. The molecule has 2 saturated carbocycles. The molecule has 4 rings (SSSR count). The number of H-pyrrole nitrogens is 1. The third kappa shape index (κ3) is 4.50. The highest BCUT2D eigenvalue weighted by molar-refractivity contribution is 5.84. The minimum Gasteiger partial charge on any atom is -0.480 e. The molecule has 6 heteroatoms. The number of hydrogen-bond acceptors (Lipinski definition) is 3. The van der Waals surface area contributed by atoms with Crippen LogP contribution in [0.15, 0.2) is 30.5 Å². The van der Waals surface area contributed by atoms with Crippen LogP contribution >= 0.6 is 0 Å². The molecular weight excluding hydrogens is 342 g/mol. The van der Waals surface area contributed by atoms with Crippen molar-refractivity contribution in [3.05, 3.63) is 36.0 Å². The highest BCUT2D eigenvalue weighted by Crippen LogP contribution is 2.33. The van der Waals surface area contributed by atoms with Crippen LogP contribution in [0.1, 0.15) is 37.7 Å². The average molecular weight is 369 g/mol. The number of carbonyl (C=O) groups is 2. The van der Waals surface area contributed by atoms with Crippen LogP contribution < -0.4 is 5.32 Å². The van der Waals surface area contributed by atoms with E-state index in [1.165, 1.54) is 23.8 Å². The number of carboxylic acids is 1. The Morgan fingerprint density at radius 1 is 1.22 bits per heavy atom. The molecule has 3 N–H and O–H groups in total. The summed E-state index contributed by atoms with van der Waals surface area (Å²) in [6.07, 6.45) is 7.34. The molecule has 27 heavy (non-hydrogen) atoms. The lowest BCUT2D eigenvalue weighted by atomic mass is 9.85. The number of amides is 1. The van der Waals surface area contributed by atoms with Crippen molar-refractivity contribution in [2.24, 2.45) is 5.92 Å². The van der Waals surface area contributed by atoms with E-state index in [1.807, 2.05) is 24.4 Å². The van der Waals surface area contributed by atoms with Crippen LogP contribution in [0.2, 0.25) is 0 Å². The third-order valence-corrected chi connectivity index (χ3v) is 5.82. The number of aromatic nitrogens is 1. The van der Waals surface area contributed by atoms with Gasteiger partial charge in [0.2, 0.25) is 5.91 Å². The van der Waals surface area contributed by atoms with Crippen molar-refractivity contribution in [2.75, 3.05) is 13.1 Å². The fourth-order valence-corrected chi connectivity index (χ4v) is 4.04. The third-order valence-electron chi connectivity index (χ3n) is 5.82. The van der Waals surface area contributed by atoms with Gasteiger partial charge in [0.25, 0.3) is 0 Å². The van der Waals surface area contributed by atoms with Crippen molar-refractivity contribution in [1.82, 2.24) is 15.2 Å². The van der Waals surface area contributed by atoms with E-state index in [2.05, 4.69) is 21.3 Å². The standard InChI is InChI=1S/C21H27N3O3/c25-20(8-7-15-11-22-19-4-2-1-3-18(15)19)23-16-9-17(10-16)24(13-21(26)27)12-14-5-6-14/h1-4,11,14,16-17,22H,5-10,12-13H2,(H,23,25)(H,26,27). The van der Waals surface area contributed by atoms with Gasteiger partial charge in [-0.2, -0.15) is 0 Å². The number of carboxylic acid groups (broad SMARTS) is 1. The zero-order chi connectivity index (χ0) is 18.8. The number of aromatic amines is 1. The van der Waals surface area contributed by atoms with Gasteiger partial charge in [-0.1, -0.05) is 18.2 Å². The Hall–Kier alpha value is -2.34. The number of hydrogen-bond donors (Lipinski definition) is 3. The summed E-state index contributed by atoms with van der Waals surface area (Å²) in [5.74, 6) is -0.00765. The second-order valence-corrected chi connectivity index (χ2v) is 8.02. The zero-order valence-corrected chi connectivity index (χ0v) is 15.5. The Balaban J connectivity index is 1.22. The lowest BCUT2D eigenvalue weighted by Gasteiger charge is -2.42. The number of nitrogens with zero attached hydrogens (tertiary/aromatic N) is 1. The SMILES string of the molecule is O=C(O)CN(CC1CC1)C1CC(NC(=O)CCc2c[nH]c3ccccc23)C1. The molecule has 2 aliphatic carbocycles. The van der Waals surface area contributed by atoms with Crippen LogP contribution in [0.25, 0.3) is 10.9 Å². The quantitative estimate of drug-likeness (QED) is 0.634. The van der Waals surface area contributed by atoms with Crippen molar-refractivity contribution in [2.45, 2.75) is 50.6 Å². The topological polar surface area (TPSA) is 85.4 Å². The van der Waals surface area contributed by atoms with Crippen LogP contribution in [0.3, 0.4) is 0 Å². The summed E-state index contributed by atoms with van der Waals surface area (Å²) in [6.45, 7) is 1.00. The number of fused-ring (bicyclic) bond motifs is 1. The molecule has 2 fully saturated rings. The van der Waals surface area contributed by atoms with E-state index in [-0.39, 0.29) is 18.5 Å². The van der Waals surface area contributed by atoms with Crippen molar-refractivity contribution < 1.29 is 14.7 Å². The summed E-state index contributed by atoms with van der Waals surface area (Å²) in [6, 6.07) is 8.60. The average Bonchev–Trinajstić information content (AvgIpc) is 3.32. The van der Waals surface area contributed by atoms with Crippen LogP contribution in [-0.4, -0.2) is 52.0 Å². The number of carbonyl (C=O) groups excluding carboxylic acids is 1. The Morgan fingerprint density at radius 2 is 2.00 bits per heavy atom. The van der Waals surface area contributed by atoms with Gasteiger partial charge < -0.3 is 15.4 Å². The van der Waals surface area contributed by atoms with Gasteiger partial charge in [-0.25, -0.2) is 0 Å². The highest BCUT2D eigenvalue weighted by Gasteiger charge is 2.37. The van der Waals surface area contributed by atoms with E-state index < -0.39 is 5.97 Å². The van der Waals surface area contributed by atoms with E-state index in [1.54, 1.807) is 0 Å². The van der Waals surface area contributed by atoms with Crippen LogP contribution in [0.5, 0.6) is 0 Å². The highest BCUT2D eigenvalue weighted by atomic mass is 16.4. The fraction of sp³-hybridized carbons (Fsp3) is 0.524. The molecule has 1 aromatic carbocycles. The summed E-state index contributed by atoms with van der Waals surface area (Å²) in [5.41, 5.74) is 2.27. The summed E-state index contributed by atoms with van der Waals surface area (Å²) in [5, 5.41) is 13.4. The summed E-state index contributed by atoms with van der Waals surface area (Å²) >= 11 is 0. The largest absolute Gasteiger partial charge is 0.480 e. The summed E-state index contributed by atoms with van der Waals surface area (Å²) < 4.78 is 0. The van der Waals surface area contributed by atoms with Gasteiger partial charge in [0.05, 0.1) is 6.54 Å². The second-order valence-electron chi connectivity index (χ2n) is 8.02. The number of rotatable bonds is 9. The summed E-state index contributed by atoms with van der Waals surface area (Å²) in [4.78, 5) is 28.7. The van der Waals surface area contributed by atoms with Crippen LogP contribution in [0.4, 0.5) is 0 Å². The molecule has 0 spiro atoms. The molecule has 1 amide bonds. The molecule has 1 aromatic heterocycles. The van der Waals surface area contributed by atoms with E-state index >= 15 is 0 Å². The first-order chi connectivity index (χ1) is 13.1. The lowest BCUT2D eigenvalue weighted by molar-refractivity contribution is -0.140. The van der Waals surface area contributed by atoms with E-state index in [9.17, 15) is 9.59 Å². The van der Waals surface area contributed by atoms with Crippen molar-refractivity contribution in [3.8, 4) is 0 Å². The van der Waals surface area contributed by atoms with Gasteiger partial charge in [0, 0.05) is 42.1 Å². The molecule has 0 atom stereocenters. The Morgan fingerprint density at radius 3 is 2.74 bits per heavy atom. The molecule has 2 aromatic rings. The van der Waals surface area contributed by atoms with E-state index in [0.717, 1.165) is 31.3 Å². The predicted molar refractivity (Wildman–Crippen MR) is 104 cm³/mol. The summed E-state index contributed by atoms with van der Waals surface area (Å²) in [7, 11) is 0. The maximum Gasteiger partial charge on any atom is 0.317 e. The predicted octanol–water partition coefficient (Wildman–Crippen LogP) is 2.54. The molecular formula is C21H27N3O3. The number of benzene rings is 1. The van der Waals surface area contributed by atoms with Crippen molar-refractivity contribution >= 4 is 22.8 Å². The molecule has 0 unspecified atom stereocenters. The number of para-hydroxylation sites is 1. The molecule has 0 aliphatic heterocycles. The van der Waals surface area contributed by atoms with Gasteiger partial charge in [-0.05, 0) is 49.7 Å². The minimum atomic E-state index is -0.762. The first kappa shape index (κ1) is 18.0. The van der Waals surface area contributed by atoms with E-state index in [4.69, 9.17) is 5.11 Å². The first-order valence-electron chi connectivity index (χ1n) is 9.88. The number of nitrogens with one attached hydrogen (secondary N) is 2. The van der Waals surface area contributed by atoms with Gasteiger partial charge in [0.1, 0.15) is 0 Å². The smallest absolute Gasteiger partial charge is 0.317 e. The van der Waals surface area contributed by atoms with Gasteiger partial charge in [-0.3, -0.25) is 14.5 Å². The maximum atomic E-state index is 12.3. The van der Waals surface area contributed by atoms with Crippen molar-refractivity contribution in [3.63, 3.8) is 0 Å². The van der Waals surface area contributed by atoms with Gasteiger partial charge in [0.15, 0.2) is 0 Å². The lowest BCUT2D eigenvalue weighted by Crippen LogP contribution is -2.55. The zero-order valence-electron chi connectivity index (χ0n) is 15.5. The number of aliphatic carboxylic acids is 1. The first-order valence-corrected chi connectivity index (χ1v) is 9.88. The molecule has 0 radical (unpaired) electrons. The van der Waals surface area contributed by atoms with Gasteiger partial charge >= 0.3 is 5.97 Å². The molecule has 144 valence electrons. The Bertz CT molecular complexity index is 821. The van der Waals surface area contributed by atoms with Crippen LogP contribution in [0, 0.1) is 5.92 Å². The normalized spacial score (nSPS) is 22.0. The molecule has 1 heterocycles. The van der Waals surface area contributed by atoms with Gasteiger partial charge in [-0.15, -0.1) is 0 Å². The maximum absolute atomic E-state index is 12.3.